The lowest BCUT2D eigenvalue weighted by molar-refractivity contribution is -0.159. The Labute approximate surface area is 180 Å². The number of rotatable bonds is 6. The fourth-order valence-corrected chi connectivity index (χ4v) is 4.43. The highest BCUT2D eigenvalue weighted by atomic mass is 32.1. The fourth-order valence-electron chi connectivity index (χ4n) is 3.29. The molecule has 0 fully saturated rings. The molecule has 1 aliphatic rings. The summed E-state index contributed by atoms with van der Waals surface area (Å²) in [6.07, 6.45) is -0.232. The molecule has 1 amide bonds. The number of amides is 1. The van der Waals surface area contributed by atoms with Crippen LogP contribution in [0.3, 0.4) is 0 Å². The average molecular weight is 451 g/mol. The van der Waals surface area contributed by atoms with Gasteiger partial charge in [-0.1, -0.05) is 17.3 Å². The number of likely N-dealkylation sites (N-methyl/N-ethyl adjacent to an activating group) is 1. The van der Waals surface area contributed by atoms with Crippen LogP contribution in [-0.2, 0) is 19.0 Å². The first-order valence-electron chi connectivity index (χ1n) is 9.80. The van der Waals surface area contributed by atoms with Crippen LogP contribution < -0.4 is 10.2 Å². The number of carbonyl (C=O) groups is 1. The molecule has 2 heterocycles. The predicted molar refractivity (Wildman–Crippen MR) is 109 cm³/mol. The number of aryl methyl sites for hydroxylation is 2. The van der Waals surface area contributed by atoms with Crippen molar-refractivity contribution in [1.29, 1.82) is 0 Å². The Hall–Kier alpha value is -2.95. The van der Waals surface area contributed by atoms with Crippen LogP contribution in [0.4, 0.5) is 18.3 Å². The Balaban J connectivity index is 1.35. The predicted octanol–water partition coefficient (Wildman–Crippen LogP) is 3.96. The monoisotopic (exact) mass is 451 g/mol. The van der Waals surface area contributed by atoms with Crippen molar-refractivity contribution in [3.63, 3.8) is 0 Å². The number of alkyl halides is 3. The van der Waals surface area contributed by atoms with Gasteiger partial charge >= 0.3 is 12.1 Å². The van der Waals surface area contributed by atoms with Crippen molar-refractivity contribution < 1.29 is 22.5 Å². The summed E-state index contributed by atoms with van der Waals surface area (Å²) in [6, 6.07) is 6.07. The first-order chi connectivity index (χ1) is 14.8. The van der Waals surface area contributed by atoms with Gasteiger partial charge in [0.05, 0.1) is 5.69 Å². The normalized spacial score (nSPS) is 13.7. The second-order valence-electron chi connectivity index (χ2n) is 7.25. The van der Waals surface area contributed by atoms with Gasteiger partial charge in [-0.25, -0.2) is 4.98 Å². The maximum absolute atomic E-state index is 12.7. The van der Waals surface area contributed by atoms with Gasteiger partial charge in [0, 0.05) is 36.1 Å². The fraction of sp³-hybridized carbons (Fsp3) is 0.400. The van der Waals surface area contributed by atoms with Gasteiger partial charge in [0.25, 0.3) is 5.91 Å². The van der Waals surface area contributed by atoms with Crippen LogP contribution in [0.2, 0.25) is 0 Å². The molecule has 7 nitrogen and oxygen atoms in total. The number of nitrogens with one attached hydrogen (secondary N) is 1. The summed E-state index contributed by atoms with van der Waals surface area (Å²) in [5.74, 6) is -1.99. The molecule has 1 aromatic carbocycles. The third-order valence-electron chi connectivity index (χ3n) is 4.95. The van der Waals surface area contributed by atoms with Crippen LogP contribution >= 0.6 is 11.3 Å². The summed E-state index contributed by atoms with van der Waals surface area (Å²) >= 11 is 1.70. The molecule has 3 aromatic rings. The zero-order valence-corrected chi connectivity index (χ0v) is 17.5. The van der Waals surface area contributed by atoms with Gasteiger partial charge in [0.1, 0.15) is 0 Å². The molecule has 0 saturated carbocycles. The molecule has 0 unspecified atom stereocenters. The molecule has 31 heavy (non-hydrogen) atoms. The summed E-state index contributed by atoms with van der Waals surface area (Å²) in [5, 5.41) is 7.12. The minimum Gasteiger partial charge on any atom is -0.350 e. The second-order valence-corrected chi connectivity index (χ2v) is 8.31. The van der Waals surface area contributed by atoms with E-state index in [0.717, 1.165) is 18.0 Å². The summed E-state index contributed by atoms with van der Waals surface area (Å²) in [5.41, 5.74) is 1.75. The first kappa shape index (κ1) is 21.3. The molecule has 1 N–H and O–H groups in total. The smallest absolute Gasteiger partial charge is 0.350 e. The molecule has 0 atom stereocenters. The maximum atomic E-state index is 12.7. The van der Waals surface area contributed by atoms with E-state index in [0.29, 0.717) is 18.7 Å². The van der Waals surface area contributed by atoms with Crippen molar-refractivity contribution >= 4 is 22.4 Å². The Kier molecular flexibility index (Phi) is 5.94. The molecule has 0 bridgehead atoms. The molecule has 164 valence electrons. The number of carbonyl (C=O) groups excluding carboxylic acids is 1. The lowest BCUT2D eigenvalue weighted by atomic mass is 10.0. The quantitative estimate of drug-likeness (QED) is 0.611. The molecular formula is C20H20F3N5O2S. The van der Waals surface area contributed by atoms with Gasteiger partial charge in [-0.15, -0.1) is 11.3 Å². The van der Waals surface area contributed by atoms with Crippen LogP contribution in [0.5, 0.6) is 0 Å². The van der Waals surface area contributed by atoms with Crippen LogP contribution in [0, 0.1) is 0 Å². The van der Waals surface area contributed by atoms with Crippen LogP contribution in [-0.4, -0.2) is 41.2 Å². The van der Waals surface area contributed by atoms with E-state index in [4.69, 9.17) is 4.98 Å². The zero-order valence-electron chi connectivity index (χ0n) is 16.7. The lowest BCUT2D eigenvalue weighted by Crippen LogP contribution is -2.33. The van der Waals surface area contributed by atoms with Crippen LogP contribution in [0.15, 0.2) is 28.8 Å². The number of fused-ring (bicyclic) bond motifs is 1. The third-order valence-corrected chi connectivity index (χ3v) is 6.22. The Morgan fingerprint density at radius 2 is 2.06 bits per heavy atom. The Morgan fingerprint density at radius 1 is 1.26 bits per heavy atom. The third kappa shape index (κ3) is 4.87. The van der Waals surface area contributed by atoms with E-state index in [9.17, 15) is 18.0 Å². The molecule has 2 aromatic heterocycles. The molecule has 4 rings (SSSR count). The van der Waals surface area contributed by atoms with E-state index in [1.807, 2.05) is 11.9 Å². The molecule has 0 saturated heterocycles. The van der Waals surface area contributed by atoms with E-state index in [2.05, 4.69) is 20.0 Å². The highest BCUT2D eigenvalue weighted by molar-refractivity contribution is 7.15. The maximum Gasteiger partial charge on any atom is 0.471 e. The minimum absolute atomic E-state index is 0.227. The summed E-state index contributed by atoms with van der Waals surface area (Å²) in [7, 11) is 1.94. The van der Waals surface area contributed by atoms with Crippen molar-refractivity contribution in [2.45, 2.75) is 31.9 Å². The average Bonchev–Trinajstić information content (AvgIpc) is 3.41. The second kappa shape index (κ2) is 8.66. The van der Waals surface area contributed by atoms with E-state index in [1.165, 1.54) is 35.5 Å². The van der Waals surface area contributed by atoms with Crippen molar-refractivity contribution in [2.24, 2.45) is 0 Å². The van der Waals surface area contributed by atoms with Crippen molar-refractivity contribution in [1.82, 2.24) is 20.4 Å². The van der Waals surface area contributed by atoms with Crippen molar-refractivity contribution in [2.75, 3.05) is 25.0 Å². The number of thiazole rings is 1. The number of nitrogens with zero attached hydrogens (tertiary/aromatic N) is 4. The molecule has 0 spiro atoms. The Morgan fingerprint density at radius 3 is 2.81 bits per heavy atom. The van der Waals surface area contributed by atoms with Crippen LogP contribution in [0.25, 0.3) is 11.4 Å². The molecule has 1 aliphatic carbocycles. The SMILES string of the molecule is CN(CCNC(=O)c1cccc(-c2noc(C(F)(F)F)n2)c1)c1nc2c(s1)CCCC2. The van der Waals surface area contributed by atoms with Crippen molar-refractivity contribution in [3.05, 3.63) is 46.3 Å². The van der Waals surface area contributed by atoms with Gasteiger partial charge in [-0.3, -0.25) is 4.79 Å². The van der Waals surface area contributed by atoms with E-state index in [1.54, 1.807) is 23.5 Å². The van der Waals surface area contributed by atoms with Gasteiger partial charge in [0.2, 0.25) is 5.82 Å². The number of anilines is 1. The number of aromatic nitrogens is 3. The first-order valence-corrected chi connectivity index (χ1v) is 10.6. The van der Waals surface area contributed by atoms with Gasteiger partial charge in [0.15, 0.2) is 5.13 Å². The number of benzene rings is 1. The zero-order chi connectivity index (χ0) is 22.0. The highest BCUT2D eigenvalue weighted by Crippen LogP contribution is 2.31. The number of hydrogen-bond acceptors (Lipinski definition) is 7. The van der Waals surface area contributed by atoms with E-state index in [-0.39, 0.29) is 17.3 Å². The lowest BCUT2D eigenvalue weighted by Gasteiger charge is -2.16. The Bertz CT molecular complexity index is 1060. The molecule has 11 heteroatoms. The summed E-state index contributed by atoms with van der Waals surface area (Å²) in [6.45, 7) is 0.974. The van der Waals surface area contributed by atoms with E-state index < -0.39 is 12.1 Å². The number of hydrogen-bond donors (Lipinski definition) is 1. The molecule has 0 radical (unpaired) electrons. The van der Waals surface area contributed by atoms with Gasteiger partial charge in [-0.2, -0.15) is 18.2 Å². The van der Waals surface area contributed by atoms with Gasteiger partial charge in [-0.05, 0) is 37.8 Å². The van der Waals surface area contributed by atoms with Crippen molar-refractivity contribution in [3.8, 4) is 11.4 Å². The molecular weight excluding hydrogens is 431 g/mol. The highest BCUT2D eigenvalue weighted by Gasteiger charge is 2.38. The topological polar surface area (TPSA) is 84.2 Å². The summed E-state index contributed by atoms with van der Waals surface area (Å²) in [4.78, 5) is 23.9. The molecule has 0 aliphatic heterocycles. The largest absolute Gasteiger partial charge is 0.471 e. The van der Waals surface area contributed by atoms with Crippen LogP contribution in [0.1, 0.15) is 39.7 Å². The number of halogens is 3. The standard InChI is InChI=1S/C20H20F3N5O2S/c1-28(19-25-14-7-2-3-8-15(14)31-19)10-9-24-17(29)13-6-4-5-12(11-13)16-26-18(30-27-16)20(21,22)23/h4-6,11H,2-3,7-10H2,1H3,(H,24,29). The van der Waals surface area contributed by atoms with E-state index >= 15 is 0 Å². The minimum atomic E-state index is -4.72. The summed E-state index contributed by atoms with van der Waals surface area (Å²) < 4.78 is 42.2. The van der Waals surface area contributed by atoms with Gasteiger partial charge < -0.3 is 14.7 Å².